The van der Waals surface area contributed by atoms with E-state index in [1.54, 1.807) is 0 Å². The van der Waals surface area contributed by atoms with Gasteiger partial charge in [-0.25, -0.2) is 0 Å². The monoisotopic (exact) mass is 2180 g/mol. The van der Waals surface area contributed by atoms with Crippen molar-refractivity contribution in [3.8, 4) is 44.5 Å². The Balaban J connectivity index is 0.000000129. The molecule has 0 bridgehead atoms. The van der Waals surface area contributed by atoms with E-state index in [0.29, 0.717) is 10.8 Å². The minimum absolute atomic E-state index is 0. The van der Waals surface area contributed by atoms with Gasteiger partial charge in [-0.2, -0.15) is 0 Å². The van der Waals surface area contributed by atoms with E-state index in [2.05, 4.69) is 275 Å². The molecule has 0 aliphatic carbocycles. The Kier molecular flexibility index (Phi) is 29.4. The van der Waals surface area contributed by atoms with Gasteiger partial charge in [-0.15, -0.1) is 0 Å². The number of halogens is 3. The van der Waals surface area contributed by atoms with E-state index >= 15 is 0 Å². The maximum absolute atomic E-state index is 12.6. The molecule has 0 amide bonds. The summed E-state index contributed by atoms with van der Waals surface area (Å²) in [4.78, 5) is 45.5. The first-order valence-corrected chi connectivity index (χ1v) is 45.1. The zero-order valence-electron chi connectivity index (χ0n) is 73.8. The van der Waals surface area contributed by atoms with Crippen LogP contribution in [0.15, 0.2) is 368 Å². The summed E-state index contributed by atoms with van der Waals surface area (Å²) in [7, 11) is -1.36. The van der Waals surface area contributed by atoms with Crippen molar-refractivity contribution >= 4 is 183 Å². The van der Waals surface area contributed by atoms with E-state index in [-0.39, 0.29) is 112 Å². The van der Waals surface area contributed by atoms with Gasteiger partial charge in [0.1, 0.15) is 0 Å². The van der Waals surface area contributed by atoms with Gasteiger partial charge in [0, 0.05) is 124 Å². The molecule has 21 heteroatoms. The number of aromatic amines is 3. The van der Waals surface area contributed by atoms with E-state index in [1.165, 1.54) is 86.5 Å². The van der Waals surface area contributed by atoms with Crippen molar-refractivity contribution in [1.29, 1.82) is 0 Å². The predicted molar refractivity (Wildman–Crippen MR) is 542 cm³/mol. The van der Waals surface area contributed by atoms with Crippen LogP contribution in [0.5, 0.6) is 0 Å². The SMILES string of the molecule is Brc1c2ccccc2c(-c2ccccc2)c2ccccc12.Brc1cccc(-c2ccccc2)c1.CC1(C)OB(B2OC(C)(C)C(C)(C)O2)OC1(C)C.CC1(C)OB(c2ccc3[nH]c(=O)c4ccccc4c3c2)OC1(C)C.O=c1[nH]c2ccc(-c3c4ccccc4c(-c4ccccc4)c4ccccc34)cc2c2ccccc12.O=c1[nH]c2ccc(Br)cc2c2ccccc12.[Pd].[Pd].[Pd]. The Morgan fingerprint density at radius 1 is 0.223 bits per heavy atom. The van der Waals surface area contributed by atoms with Crippen LogP contribution in [-0.2, 0) is 89.2 Å². The third kappa shape index (κ3) is 19.5. The summed E-state index contributed by atoms with van der Waals surface area (Å²) in [5.74, 6) is 0. The van der Waals surface area contributed by atoms with Crippen LogP contribution >= 0.6 is 47.8 Å². The topological polar surface area (TPSA) is 154 Å². The number of H-pyrrole nitrogens is 3. The minimum atomic E-state index is -0.476. The first kappa shape index (κ1) is 96.4. The van der Waals surface area contributed by atoms with Gasteiger partial charge in [0.2, 0.25) is 0 Å². The number of pyridine rings is 3. The number of nitrogens with one attached hydrogen (secondary N) is 3. The van der Waals surface area contributed by atoms with Crippen molar-refractivity contribution in [3.05, 3.63) is 384 Å². The average molecular weight is 2180 g/mol. The molecular weight excluding hydrogens is 2090 g/mol. The summed E-state index contributed by atoms with van der Waals surface area (Å²) in [6.45, 7) is 24.4. The van der Waals surface area contributed by atoms with Crippen molar-refractivity contribution in [1.82, 2.24) is 15.0 Å². The standard InChI is InChI=1S/C33H21NO.C20H13Br.C19H20BNO3.C13H8BrNO.C12H24B2O4.C12H9Br.3Pd/c35-33-28-17-9-4-12-23(28)29-20-22(18-19-30(29)34-33)32-26-15-7-5-13-24(26)31(21-10-2-1-3-11-21)25-14-6-8-16-27(25)32;21-20-17-12-6-4-10-15(17)19(14-8-2-1-3-9-14)16-11-5-7-13-18(16)20;1-18(2)19(3,4)24-20(23-18)12-9-10-16-15(11-12)13-7-5-6-8-14(13)17(22)21-16;14-8-5-6-12-11(7-8)9-3-1-2-4-10(9)13(16)15-12;1-9(2)10(3,4)16-13(15-9)14-17-11(5,6)12(7,8)18-14;13-12-8-4-7-11(9-12)10-5-2-1-3-6-10;;;/h1-20H,(H,34,35);1-13H;5-11H,1-4H3,(H,21,22);1-7H,(H,15,16);1-8H3;1-9H;;;. The van der Waals surface area contributed by atoms with E-state index in [0.717, 1.165) is 74.2 Å². The van der Waals surface area contributed by atoms with Crippen LogP contribution < -0.4 is 22.1 Å². The molecule has 0 atom stereocenters. The van der Waals surface area contributed by atoms with Crippen LogP contribution in [0.4, 0.5) is 0 Å². The minimum Gasteiger partial charge on any atom is -0.405 e. The molecule has 3 fully saturated rings. The zero-order chi connectivity index (χ0) is 88.9. The van der Waals surface area contributed by atoms with Crippen molar-refractivity contribution in [2.24, 2.45) is 0 Å². The Morgan fingerprint density at radius 2 is 0.492 bits per heavy atom. The fourth-order valence-corrected chi connectivity index (χ4v) is 18.3. The second-order valence-corrected chi connectivity index (χ2v) is 37.9. The quantitative estimate of drug-likeness (QED) is 0.0838. The second-order valence-electron chi connectivity index (χ2n) is 35.3. The average Bonchev–Trinajstić information content (AvgIpc) is 1.24. The first-order valence-electron chi connectivity index (χ1n) is 42.7. The third-order valence-corrected chi connectivity index (χ3v) is 27.4. The second kappa shape index (κ2) is 39.6. The smallest absolute Gasteiger partial charge is 0.405 e. The van der Waals surface area contributed by atoms with Crippen LogP contribution in [0.1, 0.15) is 83.1 Å². The van der Waals surface area contributed by atoms with Crippen molar-refractivity contribution < 1.29 is 89.2 Å². The third-order valence-electron chi connectivity index (χ3n) is 25.6. The molecule has 22 rings (SSSR count). The molecule has 660 valence electrons. The van der Waals surface area contributed by atoms with E-state index in [9.17, 15) is 14.4 Å². The summed E-state index contributed by atoms with van der Waals surface area (Å²) >= 11 is 10.7. The molecule has 3 aromatic heterocycles. The molecule has 3 aliphatic rings. The molecule has 0 unspecified atom stereocenters. The van der Waals surface area contributed by atoms with Crippen molar-refractivity contribution in [2.75, 3.05) is 0 Å². The molecule has 0 spiro atoms. The number of rotatable bonds is 6. The molecule has 3 N–H and O–H groups in total. The molecule has 16 aromatic carbocycles. The van der Waals surface area contributed by atoms with E-state index in [4.69, 9.17) is 27.9 Å². The maximum atomic E-state index is 12.6. The van der Waals surface area contributed by atoms with Gasteiger partial charge in [0.25, 0.3) is 16.7 Å². The molecule has 3 saturated heterocycles. The maximum Gasteiger partial charge on any atom is 0.494 e. The summed E-state index contributed by atoms with van der Waals surface area (Å²) in [5, 5.41) is 18.2. The Hall–Kier alpha value is -9.65. The summed E-state index contributed by atoms with van der Waals surface area (Å²) in [6.07, 6.45) is 0. The molecule has 0 radical (unpaired) electrons. The van der Waals surface area contributed by atoms with Gasteiger partial charge in [-0.3, -0.25) is 14.4 Å². The molecule has 19 aromatic rings. The molecule has 12 nitrogen and oxygen atoms in total. The van der Waals surface area contributed by atoms with Crippen LogP contribution in [0.25, 0.3) is 153 Å². The molecule has 3 aliphatic heterocycles. The summed E-state index contributed by atoms with van der Waals surface area (Å²) in [6, 6.07) is 116. The van der Waals surface area contributed by atoms with E-state index in [1.807, 2.05) is 210 Å². The summed E-state index contributed by atoms with van der Waals surface area (Å²) in [5.41, 5.74) is 11.1. The normalized spacial score (nSPS) is 15.2. The van der Waals surface area contributed by atoms with Gasteiger partial charge < -0.3 is 42.9 Å². The van der Waals surface area contributed by atoms with Crippen molar-refractivity contribution in [3.63, 3.8) is 0 Å². The summed E-state index contributed by atoms with van der Waals surface area (Å²) < 4.78 is 39.4. The van der Waals surface area contributed by atoms with Crippen LogP contribution in [-0.4, -0.2) is 69.7 Å². The molecule has 130 heavy (non-hydrogen) atoms. The van der Waals surface area contributed by atoms with Crippen LogP contribution in [0.3, 0.4) is 0 Å². The van der Waals surface area contributed by atoms with E-state index < -0.39 is 21.1 Å². The Morgan fingerprint density at radius 3 is 0.862 bits per heavy atom. The largest absolute Gasteiger partial charge is 0.494 e. The van der Waals surface area contributed by atoms with Gasteiger partial charge in [0.05, 0.1) is 33.6 Å². The van der Waals surface area contributed by atoms with Crippen LogP contribution in [0.2, 0.25) is 0 Å². The first-order chi connectivity index (χ1) is 60.9. The number of hydrogen-bond donors (Lipinski definition) is 3. The number of hydrogen-bond acceptors (Lipinski definition) is 9. The molecule has 6 heterocycles. The Bertz CT molecular complexity index is 7420. The predicted octanol–water partition coefficient (Wildman–Crippen LogP) is 27.5. The fraction of sp³-hybridized carbons (Fsp3) is 0.165. The number of fused-ring (bicyclic) bond motifs is 13. The number of aromatic nitrogens is 3. The number of benzene rings is 16. The molecular formula is C109H95B3Br3N3O9Pd3. The molecule has 0 saturated carbocycles. The van der Waals surface area contributed by atoms with Gasteiger partial charge in [0.15, 0.2) is 0 Å². The fourth-order valence-electron chi connectivity index (χ4n) is 16.9. The van der Waals surface area contributed by atoms with Crippen LogP contribution in [0, 0.1) is 0 Å². The zero-order valence-corrected chi connectivity index (χ0v) is 83.2. The Labute approximate surface area is 824 Å². The van der Waals surface area contributed by atoms with Crippen molar-refractivity contribution in [2.45, 2.75) is 117 Å². The van der Waals surface area contributed by atoms with Gasteiger partial charge in [-0.05, 0) is 275 Å². The van der Waals surface area contributed by atoms with Gasteiger partial charge >= 0.3 is 21.1 Å². The van der Waals surface area contributed by atoms with Gasteiger partial charge in [-0.1, -0.05) is 305 Å².